The summed E-state index contributed by atoms with van der Waals surface area (Å²) in [5.74, 6) is 0. The van der Waals surface area contributed by atoms with E-state index in [0.717, 1.165) is 12.1 Å². The summed E-state index contributed by atoms with van der Waals surface area (Å²) in [6.45, 7) is 1.30. The molecule has 0 amide bonds. The van der Waals surface area contributed by atoms with Gasteiger partial charge in [-0.3, -0.25) is 0 Å². The van der Waals surface area contributed by atoms with Gasteiger partial charge in [0.1, 0.15) is 0 Å². The van der Waals surface area contributed by atoms with Crippen LogP contribution in [-0.4, -0.2) is 36.1 Å². The van der Waals surface area contributed by atoms with Crippen molar-refractivity contribution in [1.82, 2.24) is 10.2 Å². The molecule has 0 radical (unpaired) electrons. The molecule has 2 saturated heterocycles. The van der Waals surface area contributed by atoms with E-state index in [1.165, 1.54) is 45.1 Å². The SMILES string of the molecule is CN(CC12CCC(CC1)N2)C1CC1. The molecule has 74 valence electrons. The second-order valence-electron chi connectivity index (χ2n) is 5.35. The number of fused-ring (bicyclic) bond motifs is 2. The highest BCUT2D eigenvalue weighted by atomic mass is 15.2. The smallest absolute Gasteiger partial charge is 0.0312 e. The average molecular weight is 180 g/mol. The first-order valence-electron chi connectivity index (χ1n) is 5.75. The molecule has 13 heavy (non-hydrogen) atoms. The quantitative estimate of drug-likeness (QED) is 0.705. The number of nitrogens with one attached hydrogen (secondary N) is 1. The van der Waals surface area contributed by atoms with Crippen LogP contribution in [0.3, 0.4) is 0 Å². The molecule has 0 aromatic carbocycles. The van der Waals surface area contributed by atoms with Gasteiger partial charge in [-0.15, -0.1) is 0 Å². The van der Waals surface area contributed by atoms with Gasteiger partial charge >= 0.3 is 0 Å². The van der Waals surface area contributed by atoms with Crippen LogP contribution in [0.25, 0.3) is 0 Å². The minimum atomic E-state index is 0.530. The summed E-state index contributed by atoms with van der Waals surface area (Å²) >= 11 is 0. The van der Waals surface area contributed by atoms with E-state index in [1.807, 2.05) is 0 Å². The molecule has 0 spiro atoms. The van der Waals surface area contributed by atoms with Gasteiger partial charge in [-0.05, 0) is 45.6 Å². The summed E-state index contributed by atoms with van der Waals surface area (Å²) in [6, 6.07) is 1.79. The summed E-state index contributed by atoms with van der Waals surface area (Å²) in [6.07, 6.45) is 8.59. The molecule has 2 bridgehead atoms. The normalized spacial score (nSPS) is 43.4. The van der Waals surface area contributed by atoms with Gasteiger partial charge in [0, 0.05) is 24.2 Å². The maximum absolute atomic E-state index is 3.81. The van der Waals surface area contributed by atoms with Crippen LogP contribution >= 0.6 is 0 Å². The first kappa shape index (κ1) is 8.25. The van der Waals surface area contributed by atoms with Gasteiger partial charge < -0.3 is 10.2 Å². The van der Waals surface area contributed by atoms with Crippen molar-refractivity contribution < 1.29 is 0 Å². The highest BCUT2D eigenvalue weighted by Gasteiger charge is 2.45. The van der Waals surface area contributed by atoms with Crippen LogP contribution in [0.2, 0.25) is 0 Å². The molecule has 0 unspecified atom stereocenters. The van der Waals surface area contributed by atoms with Gasteiger partial charge in [0.2, 0.25) is 0 Å². The Bertz CT molecular complexity index is 202. The van der Waals surface area contributed by atoms with Crippen molar-refractivity contribution in [1.29, 1.82) is 0 Å². The van der Waals surface area contributed by atoms with E-state index in [4.69, 9.17) is 0 Å². The lowest BCUT2D eigenvalue weighted by atomic mass is 9.87. The predicted molar refractivity (Wildman–Crippen MR) is 53.8 cm³/mol. The summed E-state index contributed by atoms with van der Waals surface area (Å²) in [5, 5.41) is 3.81. The van der Waals surface area contributed by atoms with Crippen molar-refractivity contribution >= 4 is 0 Å². The third kappa shape index (κ3) is 1.40. The second-order valence-corrected chi connectivity index (χ2v) is 5.35. The van der Waals surface area contributed by atoms with Crippen LogP contribution in [0.15, 0.2) is 0 Å². The fourth-order valence-corrected chi connectivity index (χ4v) is 3.22. The van der Waals surface area contributed by atoms with Gasteiger partial charge in [-0.2, -0.15) is 0 Å². The molecule has 3 rings (SSSR count). The molecule has 2 heterocycles. The van der Waals surface area contributed by atoms with E-state index in [-0.39, 0.29) is 0 Å². The summed E-state index contributed by atoms with van der Waals surface area (Å²) in [5.41, 5.74) is 0.530. The van der Waals surface area contributed by atoms with Crippen LogP contribution in [0, 0.1) is 0 Å². The van der Waals surface area contributed by atoms with Crippen LogP contribution in [0.5, 0.6) is 0 Å². The van der Waals surface area contributed by atoms with E-state index in [2.05, 4.69) is 17.3 Å². The van der Waals surface area contributed by atoms with E-state index in [1.54, 1.807) is 0 Å². The summed E-state index contributed by atoms with van der Waals surface area (Å²) in [7, 11) is 2.31. The Labute approximate surface area is 80.7 Å². The zero-order valence-electron chi connectivity index (χ0n) is 8.55. The van der Waals surface area contributed by atoms with Crippen molar-refractivity contribution in [3.05, 3.63) is 0 Å². The first-order chi connectivity index (χ1) is 6.27. The average Bonchev–Trinajstić information content (AvgIpc) is 2.81. The third-order valence-electron chi connectivity index (χ3n) is 4.18. The van der Waals surface area contributed by atoms with Crippen molar-refractivity contribution in [2.45, 2.75) is 56.1 Å². The zero-order valence-corrected chi connectivity index (χ0v) is 8.55. The van der Waals surface area contributed by atoms with E-state index >= 15 is 0 Å². The van der Waals surface area contributed by atoms with Gasteiger partial charge in [-0.25, -0.2) is 0 Å². The number of nitrogens with zero attached hydrogens (tertiary/aromatic N) is 1. The molecule has 2 aliphatic heterocycles. The lowest BCUT2D eigenvalue weighted by Gasteiger charge is -2.31. The molecular weight excluding hydrogens is 160 g/mol. The molecular formula is C11H20N2. The van der Waals surface area contributed by atoms with Crippen LogP contribution < -0.4 is 5.32 Å². The molecule has 0 aromatic heterocycles. The molecule has 3 fully saturated rings. The monoisotopic (exact) mass is 180 g/mol. The molecule has 2 nitrogen and oxygen atoms in total. The Kier molecular flexibility index (Phi) is 1.72. The lowest BCUT2D eigenvalue weighted by molar-refractivity contribution is 0.222. The number of rotatable bonds is 3. The molecule has 1 saturated carbocycles. The predicted octanol–water partition coefficient (Wildman–Crippen LogP) is 1.37. The fraction of sp³-hybridized carbons (Fsp3) is 1.00. The van der Waals surface area contributed by atoms with Crippen LogP contribution in [0.1, 0.15) is 38.5 Å². The molecule has 0 atom stereocenters. The Balaban J connectivity index is 1.63. The molecule has 1 aliphatic carbocycles. The van der Waals surface area contributed by atoms with Crippen molar-refractivity contribution in [2.24, 2.45) is 0 Å². The minimum Gasteiger partial charge on any atom is -0.307 e. The van der Waals surface area contributed by atoms with Crippen molar-refractivity contribution in [3.63, 3.8) is 0 Å². The highest BCUT2D eigenvalue weighted by Crippen LogP contribution is 2.39. The van der Waals surface area contributed by atoms with Gasteiger partial charge in [0.15, 0.2) is 0 Å². The van der Waals surface area contributed by atoms with Crippen molar-refractivity contribution in [2.75, 3.05) is 13.6 Å². The summed E-state index contributed by atoms with van der Waals surface area (Å²) in [4.78, 5) is 2.58. The Morgan fingerprint density at radius 3 is 2.38 bits per heavy atom. The van der Waals surface area contributed by atoms with Crippen LogP contribution in [0.4, 0.5) is 0 Å². The number of hydrogen-bond donors (Lipinski definition) is 1. The maximum atomic E-state index is 3.81. The zero-order chi connectivity index (χ0) is 8.89. The lowest BCUT2D eigenvalue weighted by Crippen LogP contribution is -2.46. The van der Waals surface area contributed by atoms with Crippen LogP contribution in [-0.2, 0) is 0 Å². The molecule has 2 heteroatoms. The first-order valence-corrected chi connectivity index (χ1v) is 5.75. The summed E-state index contributed by atoms with van der Waals surface area (Å²) < 4.78 is 0. The number of hydrogen-bond acceptors (Lipinski definition) is 2. The van der Waals surface area contributed by atoms with E-state index < -0.39 is 0 Å². The fourth-order valence-electron chi connectivity index (χ4n) is 3.22. The van der Waals surface area contributed by atoms with Gasteiger partial charge in [0.05, 0.1) is 0 Å². The third-order valence-corrected chi connectivity index (χ3v) is 4.18. The molecule has 0 aromatic rings. The van der Waals surface area contributed by atoms with E-state index in [9.17, 15) is 0 Å². The Morgan fingerprint density at radius 2 is 1.92 bits per heavy atom. The Hall–Kier alpha value is -0.0800. The second kappa shape index (κ2) is 2.71. The van der Waals surface area contributed by atoms with Crippen molar-refractivity contribution in [3.8, 4) is 0 Å². The minimum absolute atomic E-state index is 0.530. The standard InChI is InChI=1S/C11H20N2/c1-13(10-2-3-10)8-11-6-4-9(12-11)5-7-11/h9-10,12H,2-8H2,1H3. The Morgan fingerprint density at radius 1 is 1.23 bits per heavy atom. The van der Waals surface area contributed by atoms with Gasteiger partial charge in [-0.1, -0.05) is 0 Å². The van der Waals surface area contributed by atoms with E-state index in [0.29, 0.717) is 5.54 Å². The topological polar surface area (TPSA) is 15.3 Å². The van der Waals surface area contributed by atoms with Gasteiger partial charge in [0.25, 0.3) is 0 Å². The highest BCUT2D eigenvalue weighted by molar-refractivity contribution is 5.06. The molecule has 3 aliphatic rings. The molecule has 1 N–H and O–H groups in total. The largest absolute Gasteiger partial charge is 0.307 e. The maximum Gasteiger partial charge on any atom is 0.0312 e. The number of likely N-dealkylation sites (N-methyl/N-ethyl adjacent to an activating group) is 1.